The van der Waals surface area contributed by atoms with E-state index in [-0.39, 0.29) is 6.61 Å². The van der Waals surface area contributed by atoms with Crippen molar-refractivity contribution in [2.75, 3.05) is 13.2 Å². The van der Waals surface area contributed by atoms with Crippen LogP contribution in [0.1, 0.15) is 22.5 Å². The lowest BCUT2D eigenvalue weighted by atomic mass is 10.3. The molecular formula is C14H16N2O3. The summed E-state index contributed by atoms with van der Waals surface area (Å²) in [5.74, 6) is 0.747. The molecule has 0 spiro atoms. The van der Waals surface area contributed by atoms with E-state index in [4.69, 9.17) is 9.84 Å². The van der Waals surface area contributed by atoms with Gasteiger partial charge in [-0.25, -0.2) is 4.68 Å². The molecule has 5 heteroatoms. The maximum atomic E-state index is 10.8. The van der Waals surface area contributed by atoms with Crippen LogP contribution < -0.4 is 4.74 Å². The Morgan fingerprint density at radius 2 is 2.11 bits per heavy atom. The van der Waals surface area contributed by atoms with Gasteiger partial charge in [-0.05, 0) is 31.2 Å². The van der Waals surface area contributed by atoms with E-state index in [0.29, 0.717) is 24.3 Å². The third kappa shape index (κ3) is 3.20. The standard InChI is InChI=1S/C14H16N2O3/c1-11-12(10-18)9-16(15-11)13-3-5-14(6-4-13)19-8-2-7-17/h3-6,9-10,17H,2,7-8H2,1H3. The Hall–Kier alpha value is -2.14. The summed E-state index contributed by atoms with van der Waals surface area (Å²) >= 11 is 0. The first kappa shape index (κ1) is 13.3. The largest absolute Gasteiger partial charge is 0.494 e. The zero-order chi connectivity index (χ0) is 13.7. The topological polar surface area (TPSA) is 64.3 Å². The smallest absolute Gasteiger partial charge is 0.153 e. The van der Waals surface area contributed by atoms with E-state index < -0.39 is 0 Å². The Kier molecular flexibility index (Phi) is 4.30. The van der Waals surface area contributed by atoms with Crippen LogP contribution in [0.2, 0.25) is 0 Å². The zero-order valence-electron chi connectivity index (χ0n) is 10.7. The summed E-state index contributed by atoms with van der Waals surface area (Å²) in [6.07, 6.45) is 3.11. The van der Waals surface area contributed by atoms with Gasteiger partial charge in [0.1, 0.15) is 5.75 Å². The molecule has 0 saturated carbocycles. The lowest BCUT2D eigenvalue weighted by Gasteiger charge is -2.06. The number of aliphatic hydroxyl groups excluding tert-OH is 1. The molecule has 2 aromatic rings. The van der Waals surface area contributed by atoms with Gasteiger partial charge < -0.3 is 9.84 Å². The van der Waals surface area contributed by atoms with E-state index in [1.807, 2.05) is 24.3 Å². The van der Waals surface area contributed by atoms with Gasteiger partial charge in [0.2, 0.25) is 0 Å². The number of rotatable bonds is 6. The Bertz CT molecular complexity index is 546. The van der Waals surface area contributed by atoms with Gasteiger partial charge in [-0.2, -0.15) is 5.10 Å². The van der Waals surface area contributed by atoms with Crippen LogP contribution in [0.3, 0.4) is 0 Å². The Morgan fingerprint density at radius 3 is 2.68 bits per heavy atom. The van der Waals surface area contributed by atoms with Gasteiger partial charge in [0.15, 0.2) is 6.29 Å². The number of hydrogen-bond acceptors (Lipinski definition) is 4. The van der Waals surface area contributed by atoms with Crippen LogP contribution in [0.25, 0.3) is 5.69 Å². The Balaban J connectivity index is 2.10. The van der Waals surface area contributed by atoms with Crippen molar-refractivity contribution in [1.29, 1.82) is 0 Å². The fourth-order valence-corrected chi connectivity index (χ4v) is 1.67. The molecule has 1 aromatic carbocycles. The van der Waals surface area contributed by atoms with Crippen LogP contribution >= 0.6 is 0 Å². The van der Waals surface area contributed by atoms with Crippen molar-refractivity contribution in [3.63, 3.8) is 0 Å². The Labute approximate surface area is 111 Å². The number of ether oxygens (including phenoxy) is 1. The van der Waals surface area contributed by atoms with E-state index in [1.54, 1.807) is 17.8 Å². The van der Waals surface area contributed by atoms with Crippen LogP contribution in [-0.2, 0) is 0 Å². The lowest BCUT2D eigenvalue weighted by molar-refractivity contribution is 0.112. The van der Waals surface area contributed by atoms with E-state index >= 15 is 0 Å². The van der Waals surface area contributed by atoms with Crippen LogP contribution in [0, 0.1) is 6.92 Å². The van der Waals surface area contributed by atoms with Gasteiger partial charge in [-0.3, -0.25) is 4.79 Å². The number of carbonyl (C=O) groups excluding carboxylic acids is 1. The first-order valence-corrected chi connectivity index (χ1v) is 6.10. The number of nitrogens with zero attached hydrogens (tertiary/aromatic N) is 2. The highest BCUT2D eigenvalue weighted by Gasteiger charge is 2.05. The van der Waals surface area contributed by atoms with Gasteiger partial charge >= 0.3 is 0 Å². The molecule has 1 aromatic heterocycles. The fraction of sp³-hybridized carbons (Fsp3) is 0.286. The van der Waals surface area contributed by atoms with Crippen LogP contribution in [0.5, 0.6) is 5.75 Å². The molecular weight excluding hydrogens is 244 g/mol. The van der Waals surface area contributed by atoms with Gasteiger partial charge in [0.25, 0.3) is 0 Å². The second-order valence-electron chi connectivity index (χ2n) is 4.15. The number of aldehydes is 1. The molecule has 0 unspecified atom stereocenters. The third-order valence-electron chi connectivity index (χ3n) is 2.74. The van der Waals surface area contributed by atoms with E-state index in [9.17, 15) is 4.79 Å². The number of aromatic nitrogens is 2. The molecule has 19 heavy (non-hydrogen) atoms. The average Bonchev–Trinajstić information content (AvgIpc) is 2.81. The molecule has 1 heterocycles. The summed E-state index contributed by atoms with van der Waals surface area (Å²) in [4.78, 5) is 10.8. The molecule has 100 valence electrons. The highest BCUT2D eigenvalue weighted by molar-refractivity contribution is 5.76. The number of hydrogen-bond donors (Lipinski definition) is 1. The highest BCUT2D eigenvalue weighted by atomic mass is 16.5. The van der Waals surface area contributed by atoms with Crippen LogP contribution in [0.15, 0.2) is 30.5 Å². The third-order valence-corrected chi connectivity index (χ3v) is 2.74. The second-order valence-corrected chi connectivity index (χ2v) is 4.15. The average molecular weight is 260 g/mol. The summed E-state index contributed by atoms with van der Waals surface area (Å²) in [6.45, 7) is 2.41. The molecule has 0 saturated heterocycles. The number of aliphatic hydroxyl groups is 1. The summed E-state index contributed by atoms with van der Waals surface area (Å²) in [5.41, 5.74) is 2.16. The monoisotopic (exact) mass is 260 g/mol. The molecule has 0 bridgehead atoms. The maximum Gasteiger partial charge on any atom is 0.153 e. The minimum absolute atomic E-state index is 0.124. The van der Waals surface area contributed by atoms with E-state index in [2.05, 4.69) is 5.10 Å². The van der Waals surface area contributed by atoms with Crippen LogP contribution in [0.4, 0.5) is 0 Å². The van der Waals surface area contributed by atoms with Crippen molar-refractivity contribution in [1.82, 2.24) is 9.78 Å². The quantitative estimate of drug-likeness (QED) is 0.635. The van der Waals surface area contributed by atoms with Crippen molar-refractivity contribution < 1.29 is 14.6 Å². The van der Waals surface area contributed by atoms with Gasteiger partial charge in [-0.15, -0.1) is 0 Å². The van der Waals surface area contributed by atoms with E-state index in [0.717, 1.165) is 17.7 Å². The molecule has 0 atom stereocenters. The lowest BCUT2D eigenvalue weighted by Crippen LogP contribution is -2.00. The fourth-order valence-electron chi connectivity index (χ4n) is 1.67. The van der Waals surface area contributed by atoms with E-state index in [1.165, 1.54) is 0 Å². The van der Waals surface area contributed by atoms with Gasteiger partial charge in [-0.1, -0.05) is 0 Å². The van der Waals surface area contributed by atoms with Crippen molar-refractivity contribution in [2.24, 2.45) is 0 Å². The predicted molar refractivity (Wildman–Crippen MR) is 70.9 cm³/mol. The molecule has 0 fully saturated rings. The molecule has 0 radical (unpaired) electrons. The predicted octanol–water partition coefficient (Wildman–Crippen LogP) is 1.75. The minimum atomic E-state index is 0.124. The Morgan fingerprint density at radius 1 is 1.37 bits per heavy atom. The van der Waals surface area contributed by atoms with Crippen LogP contribution in [-0.4, -0.2) is 34.4 Å². The summed E-state index contributed by atoms with van der Waals surface area (Å²) in [7, 11) is 0. The molecule has 0 aliphatic heterocycles. The second kappa shape index (κ2) is 6.15. The van der Waals surface area contributed by atoms with Crippen molar-refractivity contribution in [3.05, 3.63) is 41.7 Å². The molecule has 2 rings (SSSR count). The SMILES string of the molecule is Cc1nn(-c2ccc(OCCCO)cc2)cc1C=O. The van der Waals surface area contributed by atoms with Crippen molar-refractivity contribution in [3.8, 4) is 11.4 Å². The molecule has 0 amide bonds. The molecule has 1 N–H and O–H groups in total. The minimum Gasteiger partial charge on any atom is -0.494 e. The number of carbonyl (C=O) groups is 1. The summed E-state index contributed by atoms with van der Waals surface area (Å²) < 4.78 is 7.10. The first-order chi connectivity index (χ1) is 9.24. The van der Waals surface area contributed by atoms with Crippen molar-refractivity contribution >= 4 is 6.29 Å². The molecule has 0 aliphatic carbocycles. The summed E-state index contributed by atoms with van der Waals surface area (Å²) in [6, 6.07) is 7.42. The first-order valence-electron chi connectivity index (χ1n) is 6.10. The maximum absolute atomic E-state index is 10.8. The summed E-state index contributed by atoms with van der Waals surface area (Å²) in [5, 5.41) is 12.9. The number of aryl methyl sites for hydroxylation is 1. The molecule has 0 aliphatic rings. The van der Waals surface area contributed by atoms with Gasteiger partial charge in [0.05, 0.1) is 23.6 Å². The number of benzene rings is 1. The van der Waals surface area contributed by atoms with Gasteiger partial charge in [0, 0.05) is 19.2 Å². The van der Waals surface area contributed by atoms with Crippen molar-refractivity contribution in [2.45, 2.75) is 13.3 Å². The zero-order valence-corrected chi connectivity index (χ0v) is 10.7. The highest BCUT2D eigenvalue weighted by Crippen LogP contribution is 2.16. The normalized spacial score (nSPS) is 10.4. The molecule has 5 nitrogen and oxygen atoms in total.